The molecule has 0 saturated carbocycles. The van der Waals surface area contributed by atoms with Gasteiger partial charge in [0.25, 0.3) is 5.91 Å². The SMILES string of the molecule is O=C(NCCn1ccc(-c2cnccn2)n1)c1ccccc1S(=O)(=O)C(F)F. The molecule has 3 rings (SSSR count). The molecule has 0 atom stereocenters. The van der Waals surface area contributed by atoms with Crippen molar-refractivity contribution in [2.45, 2.75) is 17.2 Å². The highest BCUT2D eigenvalue weighted by molar-refractivity contribution is 7.91. The number of nitrogens with zero attached hydrogens (tertiary/aromatic N) is 4. The van der Waals surface area contributed by atoms with Crippen LogP contribution in [0.4, 0.5) is 8.78 Å². The number of carbonyl (C=O) groups is 1. The van der Waals surface area contributed by atoms with Crippen molar-refractivity contribution in [2.24, 2.45) is 0 Å². The van der Waals surface area contributed by atoms with Crippen LogP contribution in [0.25, 0.3) is 11.4 Å². The van der Waals surface area contributed by atoms with Gasteiger partial charge >= 0.3 is 5.76 Å². The number of nitrogens with one attached hydrogen (secondary N) is 1. The molecule has 0 saturated heterocycles. The van der Waals surface area contributed by atoms with Crippen molar-refractivity contribution in [1.29, 1.82) is 0 Å². The fourth-order valence-corrected chi connectivity index (χ4v) is 3.36. The quantitative estimate of drug-likeness (QED) is 0.640. The smallest absolute Gasteiger partial charge is 0.341 e. The number of amides is 1. The minimum absolute atomic E-state index is 0.115. The molecule has 2 aromatic heterocycles. The molecule has 1 aromatic carbocycles. The van der Waals surface area contributed by atoms with Crippen LogP contribution in [-0.2, 0) is 16.4 Å². The molecular formula is C17H15F2N5O3S. The molecular weight excluding hydrogens is 392 g/mol. The van der Waals surface area contributed by atoms with Gasteiger partial charge < -0.3 is 5.32 Å². The first-order chi connectivity index (χ1) is 13.4. The first-order valence-corrected chi connectivity index (χ1v) is 9.63. The summed E-state index contributed by atoms with van der Waals surface area (Å²) >= 11 is 0. The zero-order chi connectivity index (χ0) is 20.1. The predicted molar refractivity (Wildman–Crippen MR) is 95.2 cm³/mol. The standard InChI is InChI=1S/C17H15F2N5O3S/c18-17(19)28(26,27)15-4-2-1-3-12(15)16(25)22-8-10-24-9-5-13(23-24)14-11-20-6-7-21-14/h1-7,9,11,17H,8,10H2,(H,22,25). The fraction of sp³-hybridized carbons (Fsp3) is 0.176. The van der Waals surface area contributed by atoms with Crippen molar-refractivity contribution in [1.82, 2.24) is 25.1 Å². The van der Waals surface area contributed by atoms with Gasteiger partial charge in [-0.05, 0) is 18.2 Å². The van der Waals surface area contributed by atoms with Crippen molar-refractivity contribution in [3.05, 3.63) is 60.7 Å². The summed E-state index contributed by atoms with van der Waals surface area (Å²) in [5, 5.41) is 6.81. The van der Waals surface area contributed by atoms with Crippen LogP contribution in [0.5, 0.6) is 0 Å². The van der Waals surface area contributed by atoms with E-state index in [9.17, 15) is 22.0 Å². The van der Waals surface area contributed by atoms with E-state index in [1.807, 2.05) is 0 Å². The van der Waals surface area contributed by atoms with Gasteiger partial charge in [-0.1, -0.05) is 12.1 Å². The Morgan fingerprint density at radius 1 is 1.14 bits per heavy atom. The number of carbonyl (C=O) groups excluding carboxylic acids is 1. The maximum atomic E-state index is 12.8. The highest BCUT2D eigenvalue weighted by atomic mass is 32.2. The lowest BCUT2D eigenvalue weighted by atomic mass is 10.2. The molecule has 146 valence electrons. The van der Waals surface area contributed by atoms with Crippen LogP contribution in [-0.4, -0.2) is 46.4 Å². The molecule has 1 amide bonds. The average molecular weight is 407 g/mol. The normalized spacial score (nSPS) is 11.5. The Morgan fingerprint density at radius 3 is 2.64 bits per heavy atom. The average Bonchev–Trinajstić information content (AvgIpc) is 3.17. The lowest BCUT2D eigenvalue weighted by Crippen LogP contribution is -2.29. The first kappa shape index (κ1) is 19.5. The maximum Gasteiger partial charge on any atom is 0.341 e. The number of halogens is 2. The zero-order valence-corrected chi connectivity index (χ0v) is 15.2. The summed E-state index contributed by atoms with van der Waals surface area (Å²) in [6.07, 6.45) is 6.34. The second kappa shape index (κ2) is 8.21. The number of aromatic nitrogens is 4. The minimum Gasteiger partial charge on any atom is -0.350 e. The van der Waals surface area contributed by atoms with E-state index in [-0.39, 0.29) is 18.7 Å². The number of sulfone groups is 1. The van der Waals surface area contributed by atoms with Crippen molar-refractivity contribution in [3.8, 4) is 11.4 Å². The van der Waals surface area contributed by atoms with Gasteiger partial charge in [0.1, 0.15) is 11.4 Å². The molecule has 28 heavy (non-hydrogen) atoms. The van der Waals surface area contributed by atoms with Gasteiger partial charge in [-0.3, -0.25) is 19.4 Å². The number of hydrogen-bond donors (Lipinski definition) is 1. The van der Waals surface area contributed by atoms with Crippen LogP contribution in [0.2, 0.25) is 0 Å². The van der Waals surface area contributed by atoms with Crippen LogP contribution in [0.3, 0.4) is 0 Å². The third-order valence-electron chi connectivity index (χ3n) is 3.77. The molecule has 3 aromatic rings. The molecule has 0 unspecified atom stereocenters. The molecule has 0 aliphatic rings. The maximum absolute atomic E-state index is 12.8. The monoisotopic (exact) mass is 407 g/mol. The van der Waals surface area contributed by atoms with E-state index >= 15 is 0 Å². The number of rotatable bonds is 7. The second-order valence-electron chi connectivity index (χ2n) is 5.61. The fourth-order valence-electron chi connectivity index (χ4n) is 2.43. The first-order valence-electron chi connectivity index (χ1n) is 8.08. The van der Waals surface area contributed by atoms with Crippen LogP contribution < -0.4 is 5.32 Å². The third kappa shape index (κ3) is 4.19. The molecule has 0 radical (unpaired) electrons. The highest BCUT2D eigenvalue weighted by Gasteiger charge is 2.30. The summed E-state index contributed by atoms with van der Waals surface area (Å²) in [5.41, 5.74) is 0.868. The van der Waals surface area contributed by atoms with Gasteiger partial charge in [0.05, 0.1) is 23.2 Å². The topological polar surface area (TPSA) is 107 Å². The van der Waals surface area contributed by atoms with E-state index in [2.05, 4.69) is 20.4 Å². The van der Waals surface area contributed by atoms with Crippen molar-refractivity contribution < 1.29 is 22.0 Å². The van der Waals surface area contributed by atoms with Gasteiger partial charge in [-0.2, -0.15) is 13.9 Å². The summed E-state index contributed by atoms with van der Waals surface area (Å²) in [6.45, 7) is 0.402. The van der Waals surface area contributed by atoms with Gasteiger partial charge in [-0.15, -0.1) is 0 Å². The predicted octanol–water partition coefficient (Wildman–Crippen LogP) is 1.77. The summed E-state index contributed by atoms with van der Waals surface area (Å²) in [5.74, 6) is -4.37. The summed E-state index contributed by atoms with van der Waals surface area (Å²) in [6, 6.07) is 6.59. The van der Waals surface area contributed by atoms with E-state index in [1.54, 1.807) is 35.5 Å². The lowest BCUT2D eigenvalue weighted by molar-refractivity contribution is 0.0948. The van der Waals surface area contributed by atoms with Crippen LogP contribution in [0, 0.1) is 0 Å². The van der Waals surface area contributed by atoms with Crippen LogP contribution >= 0.6 is 0 Å². The number of hydrogen-bond acceptors (Lipinski definition) is 6. The molecule has 0 spiro atoms. The molecule has 1 N–H and O–H groups in total. The zero-order valence-electron chi connectivity index (χ0n) is 14.4. The summed E-state index contributed by atoms with van der Waals surface area (Å²) in [7, 11) is -4.88. The van der Waals surface area contributed by atoms with Gasteiger partial charge in [0.2, 0.25) is 9.84 Å². The largest absolute Gasteiger partial charge is 0.350 e. The van der Waals surface area contributed by atoms with E-state index in [0.29, 0.717) is 11.4 Å². The van der Waals surface area contributed by atoms with Crippen LogP contribution in [0.1, 0.15) is 10.4 Å². The number of alkyl halides is 2. The van der Waals surface area contributed by atoms with E-state index in [0.717, 1.165) is 6.07 Å². The van der Waals surface area contributed by atoms with E-state index in [4.69, 9.17) is 0 Å². The Kier molecular flexibility index (Phi) is 5.73. The molecule has 0 bridgehead atoms. The van der Waals surface area contributed by atoms with E-state index < -0.39 is 26.4 Å². The molecule has 2 heterocycles. The third-order valence-corrected chi connectivity index (χ3v) is 5.20. The Morgan fingerprint density at radius 2 is 1.93 bits per heavy atom. The molecule has 8 nitrogen and oxygen atoms in total. The Balaban J connectivity index is 1.65. The molecule has 11 heteroatoms. The Hall–Kier alpha value is -3.21. The molecule has 0 fully saturated rings. The Bertz CT molecular complexity index is 1070. The molecule has 0 aliphatic carbocycles. The van der Waals surface area contributed by atoms with Crippen LogP contribution in [0.15, 0.2) is 60.0 Å². The van der Waals surface area contributed by atoms with Gasteiger partial charge in [0, 0.05) is 25.1 Å². The van der Waals surface area contributed by atoms with Crippen molar-refractivity contribution >= 4 is 15.7 Å². The molecule has 0 aliphatic heterocycles. The summed E-state index contributed by atoms with van der Waals surface area (Å²) in [4.78, 5) is 19.7. The lowest BCUT2D eigenvalue weighted by Gasteiger charge is -2.10. The minimum atomic E-state index is -4.88. The van der Waals surface area contributed by atoms with Gasteiger partial charge in [0.15, 0.2) is 0 Å². The summed E-state index contributed by atoms with van der Waals surface area (Å²) < 4.78 is 50.7. The highest BCUT2D eigenvalue weighted by Crippen LogP contribution is 2.22. The van der Waals surface area contributed by atoms with Gasteiger partial charge in [-0.25, -0.2) is 8.42 Å². The van der Waals surface area contributed by atoms with E-state index in [1.165, 1.54) is 18.2 Å². The number of benzene rings is 1. The Labute approximate surface area is 159 Å². The van der Waals surface area contributed by atoms with Crippen molar-refractivity contribution in [3.63, 3.8) is 0 Å². The van der Waals surface area contributed by atoms with Crippen molar-refractivity contribution in [2.75, 3.05) is 6.54 Å². The second-order valence-corrected chi connectivity index (χ2v) is 7.50.